The highest BCUT2D eigenvalue weighted by atomic mass is 16.5. The summed E-state index contributed by atoms with van der Waals surface area (Å²) >= 11 is 0. The Bertz CT molecular complexity index is 484. The van der Waals surface area contributed by atoms with Gasteiger partial charge in [-0.25, -0.2) is 0 Å². The minimum absolute atomic E-state index is 0.655. The maximum absolute atomic E-state index is 5.45. The van der Waals surface area contributed by atoms with Crippen molar-refractivity contribution in [2.24, 2.45) is 0 Å². The van der Waals surface area contributed by atoms with Crippen molar-refractivity contribution in [2.75, 3.05) is 47.5 Å². The lowest BCUT2D eigenvalue weighted by Gasteiger charge is -2.39. The number of methoxy groups -OCH3 is 3. The predicted molar refractivity (Wildman–Crippen MR) is 97.3 cm³/mol. The zero-order valence-corrected chi connectivity index (χ0v) is 15.8. The number of ether oxygens (including phenoxy) is 3. The van der Waals surface area contributed by atoms with E-state index >= 15 is 0 Å². The molecule has 0 aliphatic carbocycles. The van der Waals surface area contributed by atoms with Gasteiger partial charge in [0.15, 0.2) is 11.5 Å². The molecule has 0 unspecified atom stereocenters. The second kappa shape index (κ2) is 9.14. The molecule has 0 spiro atoms. The fourth-order valence-corrected chi connectivity index (χ4v) is 3.58. The highest BCUT2D eigenvalue weighted by Gasteiger charge is 2.22. The molecule has 1 aromatic carbocycles. The molecule has 0 N–H and O–H groups in total. The van der Waals surface area contributed by atoms with E-state index in [1.807, 2.05) is 0 Å². The van der Waals surface area contributed by atoms with Crippen LogP contribution < -0.4 is 14.2 Å². The van der Waals surface area contributed by atoms with E-state index < -0.39 is 0 Å². The summed E-state index contributed by atoms with van der Waals surface area (Å²) in [5, 5.41) is 0. The lowest BCUT2D eigenvalue weighted by molar-refractivity contribution is 0.0880. The third-order valence-corrected chi connectivity index (χ3v) is 5.00. The van der Waals surface area contributed by atoms with Crippen LogP contribution in [0.15, 0.2) is 12.1 Å². The first-order valence-electron chi connectivity index (χ1n) is 8.92. The molecule has 1 saturated heterocycles. The lowest BCUT2D eigenvalue weighted by atomic mass is 10.1. The van der Waals surface area contributed by atoms with Crippen LogP contribution in [0, 0.1) is 0 Å². The van der Waals surface area contributed by atoms with E-state index in [4.69, 9.17) is 14.2 Å². The molecule has 0 amide bonds. The normalized spacial score (nSPS) is 16.4. The summed E-state index contributed by atoms with van der Waals surface area (Å²) in [4.78, 5) is 5.13. The van der Waals surface area contributed by atoms with Gasteiger partial charge in [-0.3, -0.25) is 9.80 Å². The number of hydrogen-bond acceptors (Lipinski definition) is 5. The first kappa shape index (κ1) is 18.9. The smallest absolute Gasteiger partial charge is 0.203 e. The summed E-state index contributed by atoms with van der Waals surface area (Å²) in [5.74, 6) is 2.10. The van der Waals surface area contributed by atoms with Crippen LogP contribution in [0.5, 0.6) is 17.2 Å². The Hall–Kier alpha value is -1.46. The average Bonchev–Trinajstić information content (AvgIpc) is 2.63. The molecule has 1 aromatic rings. The van der Waals surface area contributed by atoms with Crippen LogP contribution in [0.3, 0.4) is 0 Å². The molecule has 2 rings (SSSR count). The molecule has 0 saturated carbocycles. The number of benzene rings is 1. The summed E-state index contributed by atoms with van der Waals surface area (Å²) < 4.78 is 16.3. The van der Waals surface area contributed by atoms with Gasteiger partial charge in [0.05, 0.1) is 21.3 Å². The largest absolute Gasteiger partial charge is 0.493 e. The molecule has 1 aliphatic rings. The summed E-state index contributed by atoms with van der Waals surface area (Å²) in [6.07, 6.45) is 2.48. The van der Waals surface area contributed by atoms with Crippen molar-refractivity contribution in [2.45, 2.75) is 39.3 Å². The van der Waals surface area contributed by atoms with Crippen molar-refractivity contribution in [3.8, 4) is 17.2 Å². The lowest BCUT2D eigenvalue weighted by Crippen LogP contribution is -2.49. The van der Waals surface area contributed by atoms with Gasteiger partial charge in [0.1, 0.15) is 0 Å². The summed E-state index contributed by atoms with van der Waals surface area (Å²) in [6, 6.07) is 4.83. The predicted octanol–water partition coefficient (Wildman–Crippen LogP) is 3.02. The zero-order valence-electron chi connectivity index (χ0n) is 15.8. The van der Waals surface area contributed by atoms with Gasteiger partial charge in [-0.2, -0.15) is 0 Å². The minimum Gasteiger partial charge on any atom is -0.493 e. The second-order valence-electron chi connectivity index (χ2n) is 6.32. The Morgan fingerprint density at radius 2 is 1.42 bits per heavy atom. The Morgan fingerprint density at radius 1 is 0.875 bits per heavy atom. The van der Waals surface area contributed by atoms with E-state index in [9.17, 15) is 0 Å². The van der Waals surface area contributed by atoms with Crippen LogP contribution >= 0.6 is 0 Å². The monoisotopic (exact) mass is 336 g/mol. The molecule has 136 valence electrons. The van der Waals surface area contributed by atoms with Gasteiger partial charge in [-0.15, -0.1) is 0 Å². The molecule has 5 heteroatoms. The second-order valence-corrected chi connectivity index (χ2v) is 6.32. The summed E-state index contributed by atoms with van der Waals surface area (Å²) in [5.41, 5.74) is 1.19. The first-order chi connectivity index (χ1) is 11.7. The van der Waals surface area contributed by atoms with E-state index in [0.717, 1.165) is 50.3 Å². The standard InChI is InChI=1S/C19H32N2O3/c1-6-16(7-2)21-10-8-20(9-11-21)14-15-12-17(22-3)19(24-5)18(13-15)23-4/h12-13,16H,6-11,14H2,1-5H3. The van der Waals surface area contributed by atoms with Crippen LogP contribution in [0.25, 0.3) is 0 Å². The number of piperazine rings is 1. The molecule has 24 heavy (non-hydrogen) atoms. The third kappa shape index (κ3) is 4.33. The molecule has 1 aliphatic heterocycles. The fraction of sp³-hybridized carbons (Fsp3) is 0.684. The van der Waals surface area contributed by atoms with Crippen molar-refractivity contribution in [1.29, 1.82) is 0 Å². The Labute approximate surface area is 146 Å². The van der Waals surface area contributed by atoms with Gasteiger partial charge in [0, 0.05) is 38.8 Å². The molecular formula is C19H32N2O3. The molecular weight excluding hydrogens is 304 g/mol. The van der Waals surface area contributed by atoms with E-state index in [-0.39, 0.29) is 0 Å². The Balaban J connectivity index is 2.02. The van der Waals surface area contributed by atoms with E-state index in [1.165, 1.54) is 18.4 Å². The maximum Gasteiger partial charge on any atom is 0.203 e. The van der Waals surface area contributed by atoms with Crippen molar-refractivity contribution in [1.82, 2.24) is 9.80 Å². The van der Waals surface area contributed by atoms with Gasteiger partial charge in [-0.05, 0) is 30.5 Å². The molecule has 0 atom stereocenters. The first-order valence-corrected chi connectivity index (χ1v) is 8.92. The molecule has 0 bridgehead atoms. The third-order valence-electron chi connectivity index (χ3n) is 5.00. The quantitative estimate of drug-likeness (QED) is 0.729. The minimum atomic E-state index is 0.655. The Kier molecular flexibility index (Phi) is 7.18. The van der Waals surface area contributed by atoms with Gasteiger partial charge >= 0.3 is 0 Å². The van der Waals surface area contributed by atoms with Gasteiger partial charge in [0.25, 0.3) is 0 Å². The van der Waals surface area contributed by atoms with Gasteiger partial charge in [-0.1, -0.05) is 13.8 Å². The van der Waals surface area contributed by atoms with Crippen molar-refractivity contribution in [3.63, 3.8) is 0 Å². The van der Waals surface area contributed by atoms with Crippen LogP contribution in [0.1, 0.15) is 32.3 Å². The van der Waals surface area contributed by atoms with Crippen molar-refractivity contribution in [3.05, 3.63) is 17.7 Å². The van der Waals surface area contributed by atoms with Crippen molar-refractivity contribution < 1.29 is 14.2 Å². The van der Waals surface area contributed by atoms with Crippen LogP contribution in [0.2, 0.25) is 0 Å². The molecule has 0 radical (unpaired) electrons. The van der Waals surface area contributed by atoms with E-state index in [2.05, 4.69) is 35.8 Å². The maximum atomic E-state index is 5.45. The topological polar surface area (TPSA) is 34.2 Å². The molecule has 1 fully saturated rings. The van der Waals surface area contributed by atoms with Gasteiger partial charge in [0.2, 0.25) is 5.75 Å². The van der Waals surface area contributed by atoms with Crippen LogP contribution in [0.4, 0.5) is 0 Å². The molecule has 0 aromatic heterocycles. The summed E-state index contributed by atoms with van der Waals surface area (Å²) in [7, 11) is 4.96. The highest BCUT2D eigenvalue weighted by Crippen LogP contribution is 2.38. The van der Waals surface area contributed by atoms with E-state index in [1.54, 1.807) is 21.3 Å². The number of hydrogen-bond donors (Lipinski definition) is 0. The average molecular weight is 336 g/mol. The SMILES string of the molecule is CCC(CC)N1CCN(Cc2cc(OC)c(OC)c(OC)c2)CC1. The fourth-order valence-electron chi connectivity index (χ4n) is 3.58. The van der Waals surface area contributed by atoms with Gasteiger partial charge < -0.3 is 14.2 Å². The van der Waals surface area contributed by atoms with Crippen LogP contribution in [-0.4, -0.2) is 63.4 Å². The summed E-state index contributed by atoms with van der Waals surface area (Å²) in [6.45, 7) is 9.99. The number of rotatable bonds is 8. The molecule has 5 nitrogen and oxygen atoms in total. The van der Waals surface area contributed by atoms with Crippen molar-refractivity contribution >= 4 is 0 Å². The Morgan fingerprint density at radius 3 is 1.83 bits per heavy atom. The van der Waals surface area contributed by atoms with E-state index in [0.29, 0.717) is 5.75 Å². The highest BCUT2D eigenvalue weighted by molar-refractivity contribution is 5.53. The van der Waals surface area contributed by atoms with Crippen LogP contribution in [-0.2, 0) is 6.54 Å². The zero-order chi connectivity index (χ0) is 17.5. The molecule has 1 heterocycles. The number of nitrogens with zero attached hydrogens (tertiary/aromatic N) is 2.